The summed E-state index contributed by atoms with van der Waals surface area (Å²) in [6, 6.07) is 6.81. The molecule has 0 saturated heterocycles. The topological polar surface area (TPSA) is 84.3 Å². The minimum atomic E-state index is -0.407. The molecule has 0 aliphatic heterocycles. The van der Waals surface area contributed by atoms with Crippen molar-refractivity contribution in [2.75, 3.05) is 13.6 Å². The Bertz CT molecular complexity index is 811. The number of aryl methyl sites for hydroxylation is 1. The van der Waals surface area contributed by atoms with Crippen LogP contribution in [0.4, 0.5) is 0 Å². The van der Waals surface area contributed by atoms with Crippen molar-refractivity contribution >= 4 is 22.6 Å². The lowest BCUT2D eigenvalue weighted by atomic mass is 10.1. The van der Waals surface area contributed by atoms with E-state index >= 15 is 0 Å². The van der Waals surface area contributed by atoms with Crippen molar-refractivity contribution in [3.63, 3.8) is 0 Å². The van der Waals surface area contributed by atoms with Crippen molar-refractivity contribution in [3.8, 4) is 0 Å². The van der Waals surface area contributed by atoms with Gasteiger partial charge >= 0.3 is 0 Å². The number of nitrogens with one attached hydrogen (secondary N) is 1. The molecule has 7 nitrogen and oxygen atoms in total. The molecule has 0 spiro atoms. The summed E-state index contributed by atoms with van der Waals surface area (Å²) >= 11 is 0. The minimum absolute atomic E-state index is 0.00232. The second kappa shape index (κ2) is 6.60. The molecule has 1 aromatic heterocycles. The zero-order chi connectivity index (χ0) is 17.1. The van der Waals surface area contributed by atoms with E-state index in [2.05, 4.69) is 10.4 Å². The predicted octanol–water partition coefficient (Wildman–Crippen LogP) is 0.530. The van der Waals surface area contributed by atoms with Gasteiger partial charge in [-0.15, -0.1) is 0 Å². The van der Waals surface area contributed by atoms with Crippen LogP contribution in [0.5, 0.6) is 0 Å². The molecule has 1 N–H and O–H groups in total. The molecule has 0 atom stereocenters. The van der Waals surface area contributed by atoms with Crippen LogP contribution in [-0.2, 0) is 11.8 Å². The number of benzene rings is 1. The quantitative estimate of drug-likeness (QED) is 0.892. The highest BCUT2D eigenvalue weighted by Gasteiger charge is 2.20. The summed E-state index contributed by atoms with van der Waals surface area (Å²) in [6.45, 7) is 3.62. The summed E-state index contributed by atoms with van der Waals surface area (Å²) in [5, 5.41) is 7.71. The van der Waals surface area contributed by atoms with Gasteiger partial charge in [-0.2, -0.15) is 5.10 Å². The van der Waals surface area contributed by atoms with Crippen LogP contribution in [0.2, 0.25) is 0 Å². The lowest BCUT2D eigenvalue weighted by Gasteiger charge is -2.18. The van der Waals surface area contributed by atoms with Crippen molar-refractivity contribution in [2.45, 2.75) is 19.9 Å². The normalized spacial score (nSPS) is 10.8. The molecular weight excluding hydrogens is 296 g/mol. The number of likely N-dealkylation sites (N-methyl/N-ethyl adjacent to an activating group) is 1. The molecule has 0 fully saturated rings. The minimum Gasteiger partial charge on any atom is -0.352 e. The Morgan fingerprint density at radius 3 is 2.48 bits per heavy atom. The van der Waals surface area contributed by atoms with Crippen molar-refractivity contribution < 1.29 is 9.59 Å². The lowest BCUT2D eigenvalue weighted by Crippen LogP contribution is -2.41. The van der Waals surface area contributed by atoms with Gasteiger partial charge in [-0.05, 0) is 19.9 Å². The molecule has 0 aliphatic rings. The maximum atomic E-state index is 12.6. The van der Waals surface area contributed by atoms with Gasteiger partial charge in [0.2, 0.25) is 5.91 Å². The van der Waals surface area contributed by atoms with Crippen molar-refractivity contribution in [1.29, 1.82) is 0 Å². The van der Waals surface area contributed by atoms with Gasteiger partial charge in [0.15, 0.2) is 5.69 Å². The summed E-state index contributed by atoms with van der Waals surface area (Å²) in [6.07, 6.45) is 0. The van der Waals surface area contributed by atoms with E-state index in [1.54, 1.807) is 24.3 Å². The molecule has 1 heterocycles. The van der Waals surface area contributed by atoms with Gasteiger partial charge in [-0.1, -0.05) is 18.2 Å². The van der Waals surface area contributed by atoms with Gasteiger partial charge in [0.05, 0.1) is 11.9 Å². The third-order valence-electron chi connectivity index (χ3n) is 3.34. The smallest absolute Gasteiger partial charge is 0.275 e. The van der Waals surface area contributed by atoms with Gasteiger partial charge in [-0.25, -0.2) is 4.68 Å². The number of aromatic nitrogens is 2. The third kappa shape index (κ3) is 3.56. The van der Waals surface area contributed by atoms with Crippen LogP contribution in [0.15, 0.2) is 29.1 Å². The predicted molar refractivity (Wildman–Crippen MR) is 87.2 cm³/mol. The highest BCUT2D eigenvalue weighted by atomic mass is 16.2. The Hall–Kier alpha value is -2.70. The molecular formula is C16H20N4O3. The molecule has 0 aliphatic carbocycles. The number of hydrogen-bond donors (Lipinski definition) is 1. The van der Waals surface area contributed by atoms with Gasteiger partial charge < -0.3 is 10.2 Å². The zero-order valence-electron chi connectivity index (χ0n) is 13.7. The molecule has 122 valence electrons. The number of carbonyl (C=O) groups is 2. The van der Waals surface area contributed by atoms with E-state index in [0.717, 1.165) is 4.68 Å². The molecule has 1 aromatic carbocycles. The monoisotopic (exact) mass is 316 g/mol. The Kier molecular flexibility index (Phi) is 4.78. The van der Waals surface area contributed by atoms with E-state index in [-0.39, 0.29) is 29.7 Å². The molecule has 0 bridgehead atoms. The summed E-state index contributed by atoms with van der Waals surface area (Å²) in [7, 11) is 3.03. The number of fused-ring (bicyclic) bond motifs is 1. The van der Waals surface area contributed by atoms with Crippen LogP contribution in [0, 0.1) is 0 Å². The van der Waals surface area contributed by atoms with Crippen LogP contribution in [-0.4, -0.2) is 46.1 Å². The van der Waals surface area contributed by atoms with Crippen LogP contribution >= 0.6 is 0 Å². The van der Waals surface area contributed by atoms with Crippen molar-refractivity contribution in [2.24, 2.45) is 7.05 Å². The summed E-state index contributed by atoms with van der Waals surface area (Å²) < 4.78 is 1.14. The second-order valence-corrected chi connectivity index (χ2v) is 5.71. The van der Waals surface area contributed by atoms with Crippen LogP contribution < -0.4 is 10.9 Å². The molecule has 2 aromatic rings. The lowest BCUT2D eigenvalue weighted by molar-refractivity contribution is -0.122. The fourth-order valence-corrected chi connectivity index (χ4v) is 2.29. The van der Waals surface area contributed by atoms with E-state index in [1.807, 2.05) is 13.8 Å². The number of nitrogens with zero attached hydrogens (tertiary/aromatic N) is 3. The second-order valence-electron chi connectivity index (χ2n) is 5.71. The van der Waals surface area contributed by atoms with E-state index in [9.17, 15) is 14.4 Å². The van der Waals surface area contributed by atoms with Gasteiger partial charge in [0.1, 0.15) is 0 Å². The Morgan fingerprint density at radius 2 is 1.87 bits per heavy atom. The fraction of sp³-hybridized carbons (Fsp3) is 0.375. The average Bonchev–Trinajstić information content (AvgIpc) is 2.49. The molecule has 0 saturated carbocycles. The number of carbonyl (C=O) groups excluding carboxylic acids is 2. The fourth-order valence-electron chi connectivity index (χ4n) is 2.29. The van der Waals surface area contributed by atoms with Crippen LogP contribution in [0.3, 0.4) is 0 Å². The van der Waals surface area contributed by atoms with E-state index in [1.165, 1.54) is 19.0 Å². The first-order chi connectivity index (χ1) is 10.8. The summed E-state index contributed by atoms with van der Waals surface area (Å²) in [4.78, 5) is 37.8. The highest BCUT2D eigenvalue weighted by molar-refractivity contribution is 6.05. The summed E-state index contributed by atoms with van der Waals surface area (Å²) in [5.74, 6) is -0.652. The first-order valence-corrected chi connectivity index (χ1v) is 7.32. The number of rotatable bonds is 4. The molecule has 0 unspecified atom stereocenters. The largest absolute Gasteiger partial charge is 0.352 e. The van der Waals surface area contributed by atoms with E-state index < -0.39 is 5.91 Å². The maximum absolute atomic E-state index is 12.6. The standard InChI is InChI=1S/C16H20N4O3/c1-10(2)17-13(21)9-19(3)16(23)14-11-7-5-6-8-12(11)15(22)20(4)18-14/h5-8,10H,9H2,1-4H3,(H,17,21). The molecule has 23 heavy (non-hydrogen) atoms. The molecule has 2 amide bonds. The first-order valence-electron chi connectivity index (χ1n) is 7.32. The SMILES string of the molecule is CC(C)NC(=O)CN(C)C(=O)c1nn(C)c(=O)c2ccccc12. The molecule has 0 radical (unpaired) electrons. The Balaban J connectivity index is 2.36. The van der Waals surface area contributed by atoms with Crippen LogP contribution in [0.1, 0.15) is 24.3 Å². The van der Waals surface area contributed by atoms with Crippen molar-refractivity contribution in [3.05, 3.63) is 40.3 Å². The number of amides is 2. The molecule has 7 heteroatoms. The summed E-state index contributed by atoms with van der Waals surface area (Å²) in [5.41, 5.74) is -0.111. The Morgan fingerprint density at radius 1 is 1.26 bits per heavy atom. The zero-order valence-corrected chi connectivity index (χ0v) is 13.7. The van der Waals surface area contributed by atoms with Gasteiger partial charge in [0.25, 0.3) is 11.5 Å². The Labute approximate surface area is 133 Å². The van der Waals surface area contributed by atoms with Crippen LogP contribution in [0.25, 0.3) is 10.8 Å². The highest BCUT2D eigenvalue weighted by Crippen LogP contribution is 2.14. The number of hydrogen-bond acceptors (Lipinski definition) is 4. The van der Waals surface area contributed by atoms with E-state index in [0.29, 0.717) is 10.8 Å². The maximum Gasteiger partial charge on any atom is 0.275 e. The van der Waals surface area contributed by atoms with E-state index in [4.69, 9.17) is 0 Å². The van der Waals surface area contributed by atoms with Gasteiger partial charge in [-0.3, -0.25) is 14.4 Å². The third-order valence-corrected chi connectivity index (χ3v) is 3.34. The van der Waals surface area contributed by atoms with Crippen molar-refractivity contribution in [1.82, 2.24) is 20.0 Å². The first kappa shape index (κ1) is 16.7. The van der Waals surface area contributed by atoms with Gasteiger partial charge in [0, 0.05) is 25.5 Å². The average molecular weight is 316 g/mol. The molecule has 2 rings (SSSR count).